The van der Waals surface area contributed by atoms with Gasteiger partial charge in [0.25, 0.3) is 0 Å². The first kappa shape index (κ1) is 14.9. The number of likely N-dealkylation sites (tertiary alicyclic amines) is 1. The molecule has 0 amide bonds. The first-order valence-corrected chi connectivity index (χ1v) is 7.61. The van der Waals surface area contributed by atoms with Gasteiger partial charge in [-0.25, -0.2) is 0 Å². The molecule has 1 aromatic rings. The lowest BCUT2D eigenvalue weighted by Gasteiger charge is -2.33. The van der Waals surface area contributed by atoms with Crippen LogP contribution in [0.25, 0.3) is 0 Å². The van der Waals surface area contributed by atoms with Crippen molar-refractivity contribution in [1.82, 2.24) is 10.2 Å². The molecule has 1 aliphatic heterocycles. The van der Waals surface area contributed by atoms with E-state index in [2.05, 4.69) is 29.6 Å². The highest BCUT2D eigenvalue weighted by atomic mass is 19.4. The van der Waals surface area contributed by atoms with Gasteiger partial charge in [0.2, 0.25) is 0 Å². The summed E-state index contributed by atoms with van der Waals surface area (Å²) in [5.41, 5.74) is 1.37. The van der Waals surface area contributed by atoms with Crippen molar-refractivity contribution in [2.24, 2.45) is 0 Å². The van der Waals surface area contributed by atoms with Crippen LogP contribution < -0.4 is 5.32 Å². The second-order valence-corrected chi connectivity index (χ2v) is 6.19. The monoisotopic (exact) mass is 298 g/mol. The van der Waals surface area contributed by atoms with Crippen LogP contribution in [-0.4, -0.2) is 42.8 Å². The van der Waals surface area contributed by atoms with Crippen molar-refractivity contribution in [2.75, 3.05) is 19.6 Å². The highest BCUT2D eigenvalue weighted by Gasteiger charge is 2.40. The predicted molar refractivity (Wildman–Crippen MR) is 76.2 cm³/mol. The topological polar surface area (TPSA) is 15.3 Å². The molecule has 3 rings (SSSR count). The van der Waals surface area contributed by atoms with E-state index in [0.29, 0.717) is 31.1 Å². The SMILES string of the molecule is FC(F)(F)CN1CCC(N[C@H]2C[C@@H]2c2ccccc2)CC1. The van der Waals surface area contributed by atoms with E-state index in [9.17, 15) is 13.2 Å². The second-order valence-electron chi connectivity index (χ2n) is 6.19. The summed E-state index contributed by atoms with van der Waals surface area (Å²) in [5, 5.41) is 3.62. The summed E-state index contributed by atoms with van der Waals surface area (Å²) < 4.78 is 37.0. The fourth-order valence-electron chi connectivity index (χ4n) is 3.26. The number of alkyl halides is 3. The van der Waals surface area contributed by atoms with E-state index < -0.39 is 12.7 Å². The smallest absolute Gasteiger partial charge is 0.311 e. The quantitative estimate of drug-likeness (QED) is 0.918. The standard InChI is InChI=1S/C16H21F3N2/c17-16(18,19)11-21-8-6-13(7-9-21)20-15-10-14(15)12-4-2-1-3-5-12/h1-5,13-15,20H,6-11H2/t14-,15+/m1/s1. The first-order valence-electron chi connectivity index (χ1n) is 7.61. The molecule has 0 radical (unpaired) electrons. The third-order valence-electron chi connectivity index (χ3n) is 4.46. The highest BCUT2D eigenvalue weighted by Crippen LogP contribution is 2.41. The second kappa shape index (κ2) is 5.97. The van der Waals surface area contributed by atoms with Gasteiger partial charge in [-0.1, -0.05) is 30.3 Å². The molecule has 2 atom stereocenters. The average molecular weight is 298 g/mol. The summed E-state index contributed by atoms with van der Waals surface area (Å²) in [6.07, 6.45) is -1.30. The van der Waals surface area contributed by atoms with Gasteiger partial charge in [0.05, 0.1) is 6.54 Å². The van der Waals surface area contributed by atoms with E-state index in [-0.39, 0.29) is 0 Å². The van der Waals surface area contributed by atoms with Gasteiger partial charge < -0.3 is 5.32 Å². The minimum atomic E-state index is -4.07. The minimum Gasteiger partial charge on any atom is -0.311 e. The summed E-state index contributed by atoms with van der Waals surface area (Å²) in [6, 6.07) is 11.3. The van der Waals surface area contributed by atoms with E-state index in [4.69, 9.17) is 0 Å². The molecule has 1 saturated carbocycles. The molecule has 116 valence electrons. The Balaban J connectivity index is 1.41. The zero-order chi connectivity index (χ0) is 14.9. The van der Waals surface area contributed by atoms with E-state index in [1.165, 1.54) is 10.5 Å². The van der Waals surface area contributed by atoms with E-state index in [1.807, 2.05) is 6.07 Å². The first-order chi connectivity index (χ1) is 10.0. The number of nitrogens with zero attached hydrogens (tertiary/aromatic N) is 1. The predicted octanol–water partition coefficient (Wildman–Crippen LogP) is 3.16. The minimum absolute atomic E-state index is 0.369. The molecule has 0 unspecified atom stereocenters. The van der Waals surface area contributed by atoms with Crippen LogP contribution in [0.15, 0.2) is 30.3 Å². The molecular weight excluding hydrogens is 277 g/mol. The molecule has 1 heterocycles. The third kappa shape index (κ3) is 4.20. The normalized spacial score (nSPS) is 27.8. The molecule has 0 spiro atoms. The van der Waals surface area contributed by atoms with Crippen molar-refractivity contribution < 1.29 is 13.2 Å². The van der Waals surface area contributed by atoms with Crippen LogP contribution >= 0.6 is 0 Å². The number of hydrogen-bond donors (Lipinski definition) is 1. The molecule has 2 fully saturated rings. The van der Waals surface area contributed by atoms with E-state index in [1.54, 1.807) is 0 Å². The van der Waals surface area contributed by atoms with Gasteiger partial charge in [-0.2, -0.15) is 13.2 Å². The van der Waals surface area contributed by atoms with Gasteiger partial charge in [0, 0.05) is 18.0 Å². The molecule has 1 saturated heterocycles. The lowest BCUT2D eigenvalue weighted by molar-refractivity contribution is -0.148. The molecule has 21 heavy (non-hydrogen) atoms. The number of nitrogens with one attached hydrogen (secondary N) is 1. The molecule has 1 N–H and O–H groups in total. The lowest BCUT2D eigenvalue weighted by atomic mass is 10.0. The Morgan fingerprint density at radius 1 is 1.10 bits per heavy atom. The Hall–Kier alpha value is -1.07. The Kier molecular flexibility index (Phi) is 4.22. The van der Waals surface area contributed by atoms with Crippen molar-refractivity contribution >= 4 is 0 Å². The maximum absolute atomic E-state index is 12.3. The summed E-state index contributed by atoms with van der Waals surface area (Å²) >= 11 is 0. The van der Waals surface area contributed by atoms with Crippen LogP contribution in [0.1, 0.15) is 30.7 Å². The molecule has 5 heteroatoms. The van der Waals surface area contributed by atoms with Gasteiger partial charge in [0.15, 0.2) is 0 Å². The van der Waals surface area contributed by atoms with E-state index in [0.717, 1.165) is 19.3 Å². The Morgan fingerprint density at radius 2 is 1.76 bits per heavy atom. The number of benzene rings is 1. The average Bonchev–Trinajstić information content (AvgIpc) is 3.20. The van der Waals surface area contributed by atoms with Crippen LogP contribution in [0.5, 0.6) is 0 Å². The van der Waals surface area contributed by atoms with Gasteiger partial charge in [-0.05, 0) is 37.9 Å². The molecule has 0 aromatic heterocycles. The number of piperidine rings is 1. The van der Waals surface area contributed by atoms with Gasteiger partial charge in [-0.15, -0.1) is 0 Å². The molecule has 1 aromatic carbocycles. The number of hydrogen-bond acceptors (Lipinski definition) is 2. The Bertz CT molecular complexity index is 452. The Labute approximate surface area is 123 Å². The molecular formula is C16H21F3N2. The van der Waals surface area contributed by atoms with Crippen LogP contribution in [0.2, 0.25) is 0 Å². The van der Waals surface area contributed by atoms with Crippen LogP contribution in [0.4, 0.5) is 13.2 Å². The van der Waals surface area contributed by atoms with Crippen molar-refractivity contribution in [3.63, 3.8) is 0 Å². The molecule has 0 bridgehead atoms. The number of rotatable bonds is 4. The zero-order valence-electron chi connectivity index (χ0n) is 11.9. The largest absolute Gasteiger partial charge is 0.401 e. The highest BCUT2D eigenvalue weighted by molar-refractivity contribution is 5.27. The summed E-state index contributed by atoms with van der Waals surface area (Å²) in [4.78, 5) is 1.51. The molecule has 2 aliphatic rings. The maximum Gasteiger partial charge on any atom is 0.401 e. The van der Waals surface area contributed by atoms with E-state index >= 15 is 0 Å². The zero-order valence-corrected chi connectivity index (χ0v) is 11.9. The van der Waals surface area contributed by atoms with Gasteiger partial charge in [0.1, 0.15) is 0 Å². The van der Waals surface area contributed by atoms with Crippen molar-refractivity contribution in [3.05, 3.63) is 35.9 Å². The van der Waals surface area contributed by atoms with Crippen LogP contribution in [0, 0.1) is 0 Å². The lowest BCUT2D eigenvalue weighted by Crippen LogP contribution is -2.46. The fraction of sp³-hybridized carbons (Fsp3) is 0.625. The third-order valence-corrected chi connectivity index (χ3v) is 4.46. The Morgan fingerprint density at radius 3 is 2.38 bits per heavy atom. The van der Waals surface area contributed by atoms with Crippen molar-refractivity contribution in [2.45, 2.75) is 43.4 Å². The van der Waals surface area contributed by atoms with Gasteiger partial charge in [-0.3, -0.25) is 4.90 Å². The molecule has 1 aliphatic carbocycles. The van der Waals surface area contributed by atoms with Crippen LogP contribution in [-0.2, 0) is 0 Å². The summed E-state index contributed by atoms with van der Waals surface area (Å²) in [7, 11) is 0. The molecule has 2 nitrogen and oxygen atoms in total. The number of halogens is 3. The van der Waals surface area contributed by atoms with Crippen molar-refractivity contribution in [3.8, 4) is 0 Å². The summed E-state index contributed by atoms with van der Waals surface area (Å²) in [6.45, 7) is 0.315. The van der Waals surface area contributed by atoms with Crippen LogP contribution in [0.3, 0.4) is 0 Å². The van der Waals surface area contributed by atoms with Gasteiger partial charge >= 0.3 is 6.18 Å². The van der Waals surface area contributed by atoms with Crippen molar-refractivity contribution in [1.29, 1.82) is 0 Å². The fourth-order valence-corrected chi connectivity index (χ4v) is 3.26. The summed E-state index contributed by atoms with van der Waals surface area (Å²) in [5.74, 6) is 0.583. The maximum atomic E-state index is 12.3.